The van der Waals surface area contributed by atoms with Crippen LogP contribution in [-0.2, 0) is 0 Å². The highest BCUT2D eigenvalue weighted by molar-refractivity contribution is 5.68. The number of hydrogen-bond acceptors (Lipinski definition) is 3. The van der Waals surface area contributed by atoms with E-state index in [1.165, 1.54) is 0 Å². The molecule has 0 aliphatic carbocycles. The van der Waals surface area contributed by atoms with Gasteiger partial charge in [-0.1, -0.05) is 6.92 Å². The van der Waals surface area contributed by atoms with Crippen molar-refractivity contribution >= 4 is 11.5 Å². The molecule has 0 bridgehead atoms. The molecule has 0 amide bonds. The molecule has 1 aromatic heterocycles. The second kappa shape index (κ2) is 5.62. The van der Waals surface area contributed by atoms with Crippen molar-refractivity contribution in [1.29, 1.82) is 5.26 Å². The third kappa shape index (κ3) is 2.38. The van der Waals surface area contributed by atoms with E-state index in [4.69, 9.17) is 5.73 Å². The SMILES string of the molecule is CC[C@@H](C)n1c(C#N)cc(N)c1N(CC)CC. The van der Waals surface area contributed by atoms with Gasteiger partial charge in [0, 0.05) is 19.1 Å². The van der Waals surface area contributed by atoms with Gasteiger partial charge >= 0.3 is 0 Å². The topological polar surface area (TPSA) is 58.0 Å². The molecule has 4 heteroatoms. The van der Waals surface area contributed by atoms with E-state index in [9.17, 15) is 5.26 Å². The Hall–Kier alpha value is -1.63. The summed E-state index contributed by atoms with van der Waals surface area (Å²) in [5, 5.41) is 9.18. The Kier molecular flexibility index (Phi) is 4.45. The number of nitriles is 1. The molecule has 17 heavy (non-hydrogen) atoms. The molecule has 94 valence electrons. The summed E-state index contributed by atoms with van der Waals surface area (Å²) in [6.07, 6.45) is 0.983. The monoisotopic (exact) mass is 234 g/mol. The second-order valence-corrected chi connectivity index (χ2v) is 4.22. The lowest BCUT2D eigenvalue weighted by atomic mass is 10.2. The number of nitrogens with zero attached hydrogens (tertiary/aromatic N) is 3. The van der Waals surface area contributed by atoms with Gasteiger partial charge in [0.2, 0.25) is 0 Å². The molecule has 1 aromatic rings. The van der Waals surface area contributed by atoms with E-state index in [1.807, 2.05) is 0 Å². The summed E-state index contributed by atoms with van der Waals surface area (Å²) < 4.78 is 2.06. The lowest BCUT2D eigenvalue weighted by Crippen LogP contribution is -2.26. The summed E-state index contributed by atoms with van der Waals surface area (Å²) in [4.78, 5) is 2.20. The molecule has 1 rings (SSSR count). The molecule has 4 nitrogen and oxygen atoms in total. The van der Waals surface area contributed by atoms with Crippen LogP contribution in [-0.4, -0.2) is 17.7 Å². The molecule has 2 N–H and O–H groups in total. The van der Waals surface area contributed by atoms with E-state index in [0.29, 0.717) is 11.4 Å². The Morgan fingerprint density at radius 2 is 2.00 bits per heavy atom. The van der Waals surface area contributed by atoms with Crippen LogP contribution in [0.5, 0.6) is 0 Å². The summed E-state index contributed by atoms with van der Waals surface area (Å²) in [6.45, 7) is 10.2. The zero-order valence-corrected chi connectivity index (χ0v) is 11.2. The molecule has 0 radical (unpaired) electrons. The zero-order valence-electron chi connectivity index (χ0n) is 11.2. The first-order valence-electron chi connectivity index (χ1n) is 6.26. The predicted octanol–water partition coefficient (Wildman–Crippen LogP) is 2.76. The Labute approximate surface area is 104 Å². The van der Waals surface area contributed by atoms with E-state index in [-0.39, 0.29) is 6.04 Å². The fraction of sp³-hybridized carbons (Fsp3) is 0.615. The largest absolute Gasteiger partial charge is 0.396 e. The second-order valence-electron chi connectivity index (χ2n) is 4.22. The van der Waals surface area contributed by atoms with E-state index in [2.05, 4.69) is 43.2 Å². The molecule has 0 aliphatic rings. The van der Waals surface area contributed by atoms with E-state index >= 15 is 0 Å². The summed E-state index contributed by atoms with van der Waals surface area (Å²) >= 11 is 0. The highest BCUT2D eigenvalue weighted by Crippen LogP contribution is 2.32. The lowest BCUT2D eigenvalue weighted by molar-refractivity contribution is 0.524. The normalized spacial score (nSPS) is 12.2. The van der Waals surface area contributed by atoms with Crippen molar-refractivity contribution in [1.82, 2.24) is 4.57 Å². The minimum Gasteiger partial charge on any atom is -0.396 e. The lowest BCUT2D eigenvalue weighted by Gasteiger charge is -2.26. The number of anilines is 2. The van der Waals surface area contributed by atoms with Gasteiger partial charge in [-0.25, -0.2) is 0 Å². The van der Waals surface area contributed by atoms with Gasteiger partial charge in [-0.15, -0.1) is 0 Å². The molecular weight excluding hydrogens is 212 g/mol. The maximum atomic E-state index is 9.18. The molecule has 0 saturated carbocycles. The number of aromatic nitrogens is 1. The van der Waals surface area contributed by atoms with Crippen LogP contribution in [0.2, 0.25) is 0 Å². The van der Waals surface area contributed by atoms with Crippen molar-refractivity contribution < 1.29 is 0 Å². The highest BCUT2D eigenvalue weighted by atomic mass is 15.3. The Morgan fingerprint density at radius 1 is 1.41 bits per heavy atom. The van der Waals surface area contributed by atoms with Crippen LogP contribution in [0.1, 0.15) is 45.9 Å². The van der Waals surface area contributed by atoms with Crippen molar-refractivity contribution in [2.75, 3.05) is 23.7 Å². The molecule has 0 aromatic carbocycles. The summed E-state index contributed by atoms with van der Waals surface area (Å²) in [5.41, 5.74) is 7.40. The molecule has 0 unspecified atom stereocenters. The number of hydrogen-bond donors (Lipinski definition) is 1. The van der Waals surface area contributed by atoms with Gasteiger partial charge in [0.1, 0.15) is 17.6 Å². The fourth-order valence-corrected chi connectivity index (χ4v) is 2.11. The number of rotatable bonds is 5. The predicted molar refractivity (Wildman–Crippen MR) is 72.1 cm³/mol. The quantitative estimate of drug-likeness (QED) is 0.852. The van der Waals surface area contributed by atoms with Crippen LogP contribution < -0.4 is 10.6 Å². The summed E-state index contributed by atoms with van der Waals surface area (Å²) in [5.74, 6) is 0.987. The number of nitrogen functional groups attached to an aromatic ring is 1. The zero-order chi connectivity index (χ0) is 13.0. The Morgan fingerprint density at radius 3 is 2.41 bits per heavy atom. The van der Waals surface area contributed by atoms with E-state index in [1.54, 1.807) is 6.07 Å². The average molecular weight is 234 g/mol. The van der Waals surface area contributed by atoms with Crippen LogP contribution in [0.4, 0.5) is 11.5 Å². The molecule has 0 spiro atoms. The summed E-state index contributed by atoms with van der Waals surface area (Å²) in [7, 11) is 0. The van der Waals surface area contributed by atoms with E-state index < -0.39 is 0 Å². The fourth-order valence-electron chi connectivity index (χ4n) is 2.11. The van der Waals surface area contributed by atoms with Gasteiger partial charge in [-0.05, 0) is 33.3 Å². The first kappa shape index (κ1) is 13.4. The third-order valence-electron chi connectivity index (χ3n) is 3.25. The molecule has 1 heterocycles. The van der Waals surface area contributed by atoms with Gasteiger partial charge in [0.15, 0.2) is 0 Å². The molecule has 1 atom stereocenters. The third-order valence-corrected chi connectivity index (χ3v) is 3.25. The first-order valence-corrected chi connectivity index (χ1v) is 6.26. The number of nitrogens with two attached hydrogens (primary N) is 1. The van der Waals surface area contributed by atoms with Gasteiger partial charge in [-0.3, -0.25) is 0 Å². The maximum absolute atomic E-state index is 9.18. The van der Waals surface area contributed by atoms with Crippen molar-refractivity contribution in [3.63, 3.8) is 0 Å². The van der Waals surface area contributed by atoms with Crippen LogP contribution in [0.15, 0.2) is 6.07 Å². The van der Waals surface area contributed by atoms with Crippen LogP contribution >= 0.6 is 0 Å². The molecular formula is C13H22N4. The molecule has 0 fully saturated rings. The highest BCUT2D eigenvalue weighted by Gasteiger charge is 2.20. The van der Waals surface area contributed by atoms with Gasteiger partial charge in [0.25, 0.3) is 0 Å². The van der Waals surface area contributed by atoms with Crippen molar-refractivity contribution in [2.24, 2.45) is 0 Å². The average Bonchev–Trinajstić information content (AvgIpc) is 2.67. The van der Waals surface area contributed by atoms with Crippen LogP contribution in [0, 0.1) is 11.3 Å². The van der Waals surface area contributed by atoms with Crippen LogP contribution in [0.3, 0.4) is 0 Å². The smallest absolute Gasteiger partial charge is 0.133 e. The standard InChI is InChI=1S/C13H22N4/c1-5-10(4)17-11(9-14)8-12(15)13(17)16(6-2)7-3/h8,10H,5-7,15H2,1-4H3/t10-/m1/s1. The van der Waals surface area contributed by atoms with E-state index in [0.717, 1.165) is 25.3 Å². The minimum absolute atomic E-state index is 0.289. The molecule has 0 saturated heterocycles. The minimum atomic E-state index is 0.289. The van der Waals surface area contributed by atoms with Gasteiger partial charge in [-0.2, -0.15) is 5.26 Å². The van der Waals surface area contributed by atoms with Crippen LogP contribution in [0.25, 0.3) is 0 Å². The summed E-state index contributed by atoms with van der Waals surface area (Å²) in [6, 6.07) is 4.30. The maximum Gasteiger partial charge on any atom is 0.133 e. The molecule has 0 aliphatic heterocycles. The van der Waals surface area contributed by atoms with Gasteiger partial charge in [0.05, 0.1) is 5.69 Å². The van der Waals surface area contributed by atoms with Crippen molar-refractivity contribution in [2.45, 2.75) is 40.2 Å². The van der Waals surface area contributed by atoms with Gasteiger partial charge < -0.3 is 15.2 Å². The van der Waals surface area contributed by atoms with Crippen molar-refractivity contribution in [3.8, 4) is 6.07 Å². The van der Waals surface area contributed by atoms with Crippen molar-refractivity contribution in [3.05, 3.63) is 11.8 Å². The first-order chi connectivity index (χ1) is 8.10. The Balaban J connectivity index is 3.37. The Bertz CT molecular complexity index is 410.